The fourth-order valence-electron chi connectivity index (χ4n) is 1.03. The van der Waals surface area contributed by atoms with Crippen molar-refractivity contribution in [1.29, 1.82) is 0 Å². The lowest BCUT2D eigenvalue weighted by molar-refractivity contribution is -0.118. The van der Waals surface area contributed by atoms with E-state index in [4.69, 9.17) is 0 Å². The van der Waals surface area contributed by atoms with Crippen molar-refractivity contribution >= 4 is 12.0 Å². The largest absolute Gasteiger partial charge is 0.353 e. The molecule has 14 heavy (non-hydrogen) atoms. The smallest absolute Gasteiger partial charge is 0.217 e. The van der Waals surface area contributed by atoms with E-state index in [9.17, 15) is 4.79 Å². The Balaban J connectivity index is 2.47. The van der Waals surface area contributed by atoms with Gasteiger partial charge in [-0.05, 0) is 30.7 Å². The van der Waals surface area contributed by atoms with E-state index in [1.165, 1.54) is 12.5 Å². The maximum atomic E-state index is 10.5. The third-order valence-electron chi connectivity index (χ3n) is 1.69. The zero-order valence-electron chi connectivity index (χ0n) is 8.45. The van der Waals surface area contributed by atoms with Gasteiger partial charge >= 0.3 is 0 Å². The average molecular weight is 190 g/mol. The Morgan fingerprint density at radius 2 is 2.43 bits per heavy atom. The zero-order chi connectivity index (χ0) is 10.4. The van der Waals surface area contributed by atoms with Gasteiger partial charge in [0, 0.05) is 19.7 Å². The number of amides is 1. The maximum Gasteiger partial charge on any atom is 0.217 e. The molecular formula is C11H14N2O. The normalized spacial score (nSPS) is 10.4. The number of nitrogens with zero attached hydrogens (tertiary/aromatic N) is 1. The minimum absolute atomic E-state index is 0.0214. The van der Waals surface area contributed by atoms with Crippen molar-refractivity contribution in [3.05, 3.63) is 35.7 Å². The quantitative estimate of drug-likeness (QED) is 0.785. The van der Waals surface area contributed by atoms with Crippen LogP contribution in [0.4, 0.5) is 0 Å². The summed E-state index contributed by atoms with van der Waals surface area (Å²) in [5, 5.41) is 2.68. The van der Waals surface area contributed by atoms with E-state index in [2.05, 4.69) is 10.3 Å². The van der Waals surface area contributed by atoms with Crippen LogP contribution in [0.15, 0.2) is 24.4 Å². The summed E-state index contributed by atoms with van der Waals surface area (Å²) in [6, 6.07) is 3.94. The maximum absolute atomic E-state index is 10.5. The van der Waals surface area contributed by atoms with Crippen molar-refractivity contribution < 1.29 is 4.79 Å². The molecule has 1 rings (SSSR count). The molecule has 0 bridgehead atoms. The van der Waals surface area contributed by atoms with Gasteiger partial charge in [0.25, 0.3) is 0 Å². The molecule has 0 aliphatic carbocycles. The number of carbonyl (C=O) groups is 1. The lowest BCUT2D eigenvalue weighted by Gasteiger charge is -1.96. The van der Waals surface area contributed by atoms with Crippen LogP contribution in [-0.4, -0.2) is 17.4 Å². The third kappa shape index (κ3) is 3.85. The number of pyridine rings is 1. The van der Waals surface area contributed by atoms with Crippen molar-refractivity contribution in [3.8, 4) is 0 Å². The highest BCUT2D eigenvalue weighted by Crippen LogP contribution is 2.01. The molecule has 0 radical (unpaired) electrons. The predicted octanol–water partition coefficient (Wildman–Crippen LogP) is 1.54. The molecule has 1 N–H and O–H groups in total. The third-order valence-corrected chi connectivity index (χ3v) is 1.69. The Morgan fingerprint density at radius 1 is 1.64 bits per heavy atom. The number of aromatic nitrogens is 1. The van der Waals surface area contributed by atoms with Crippen LogP contribution in [0.2, 0.25) is 0 Å². The molecule has 0 aromatic carbocycles. The van der Waals surface area contributed by atoms with Crippen LogP contribution >= 0.6 is 0 Å². The van der Waals surface area contributed by atoms with Crippen LogP contribution in [0.3, 0.4) is 0 Å². The fraction of sp³-hybridized carbons (Fsp3) is 0.273. The molecule has 1 aromatic rings. The lowest BCUT2D eigenvalue weighted by atomic mass is 10.2. The molecular weight excluding hydrogens is 176 g/mol. The Kier molecular flexibility index (Phi) is 3.85. The summed E-state index contributed by atoms with van der Waals surface area (Å²) in [5.74, 6) is -0.0214. The first kappa shape index (κ1) is 10.4. The summed E-state index contributed by atoms with van der Waals surface area (Å²) >= 11 is 0. The molecule has 74 valence electrons. The molecule has 1 amide bonds. The molecule has 0 saturated heterocycles. The van der Waals surface area contributed by atoms with E-state index in [0.717, 1.165) is 5.69 Å². The standard InChI is InChI=1S/C11H14N2O/c1-9-5-7-13-11(8-9)4-3-6-12-10(2)14/h3-5,7-8H,6H2,1-2H3,(H,12,14). The van der Waals surface area contributed by atoms with Crippen LogP contribution in [-0.2, 0) is 4.79 Å². The van der Waals surface area contributed by atoms with Crippen LogP contribution in [0.25, 0.3) is 6.08 Å². The van der Waals surface area contributed by atoms with Gasteiger partial charge in [-0.15, -0.1) is 0 Å². The first-order valence-corrected chi connectivity index (χ1v) is 4.52. The van der Waals surface area contributed by atoms with Crippen molar-refractivity contribution in [1.82, 2.24) is 10.3 Å². The minimum atomic E-state index is -0.0214. The monoisotopic (exact) mass is 190 g/mol. The van der Waals surface area contributed by atoms with Gasteiger partial charge < -0.3 is 5.32 Å². The molecule has 3 heteroatoms. The van der Waals surface area contributed by atoms with Gasteiger partial charge in [0.1, 0.15) is 0 Å². The Labute approximate surface area is 83.9 Å². The summed E-state index contributed by atoms with van der Waals surface area (Å²) < 4.78 is 0. The molecule has 1 heterocycles. The minimum Gasteiger partial charge on any atom is -0.353 e. The molecule has 0 aliphatic heterocycles. The topological polar surface area (TPSA) is 42.0 Å². The van der Waals surface area contributed by atoms with E-state index < -0.39 is 0 Å². The van der Waals surface area contributed by atoms with E-state index >= 15 is 0 Å². The average Bonchev–Trinajstić information content (AvgIpc) is 2.12. The highest BCUT2D eigenvalue weighted by atomic mass is 16.1. The summed E-state index contributed by atoms with van der Waals surface area (Å²) in [6.45, 7) is 4.07. The first-order chi connectivity index (χ1) is 6.68. The van der Waals surface area contributed by atoms with Gasteiger partial charge in [-0.2, -0.15) is 0 Å². The second-order valence-electron chi connectivity index (χ2n) is 3.10. The van der Waals surface area contributed by atoms with Crippen LogP contribution < -0.4 is 5.32 Å². The number of aryl methyl sites for hydroxylation is 1. The summed E-state index contributed by atoms with van der Waals surface area (Å²) in [6.07, 6.45) is 5.54. The van der Waals surface area contributed by atoms with Crippen LogP contribution in [0.5, 0.6) is 0 Å². The fourth-order valence-corrected chi connectivity index (χ4v) is 1.03. The van der Waals surface area contributed by atoms with Gasteiger partial charge in [-0.3, -0.25) is 9.78 Å². The van der Waals surface area contributed by atoms with Gasteiger partial charge in [0.2, 0.25) is 5.91 Å². The highest BCUT2D eigenvalue weighted by molar-refractivity contribution is 5.73. The Morgan fingerprint density at radius 3 is 3.07 bits per heavy atom. The second kappa shape index (κ2) is 5.17. The molecule has 0 saturated carbocycles. The van der Waals surface area contributed by atoms with E-state index in [-0.39, 0.29) is 5.91 Å². The van der Waals surface area contributed by atoms with Gasteiger partial charge in [-0.1, -0.05) is 6.08 Å². The molecule has 0 spiro atoms. The van der Waals surface area contributed by atoms with Crippen molar-refractivity contribution in [2.45, 2.75) is 13.8 Å². The molecule has 1 aromatic heterocycles. The number of hydrogen-bond acceptors (Lipinski definition) is 2. The van der Waals surface area contributed by atoms with Crippen molar-refractivity contribution in [3.63, 3.8) is 0 Å². The predicted molar refractivity (Wildman–Crippen MR) is 56.7 cm³/mol. The van der Waals surface area contributed by atoms with E-state index in [0.29, 0.717) is 6.54 Å². The summed E-state index contributed by atoms with van der Waals surface area (Å²) in [7, 11) is 0. The Hall–Kier alpha value is -1.64. The number of hydrogen-bond donors (Lipinski definition) is 1. The summed E-state index contributed by atoms with van der Waals surface area (Å²) in [4.78, 5) is 14.7. The number of nitrogens with one attached hydrogen (secondary N) is 1. The lowest BCUT2D eigenvalue weighted by Crippen LogP contribution is -2.19. The zero-order valence-corrected chi connectivity index (χ0v) is 8.45. The van der Waals surface area contributed by atoms with Gasteiger partial charge in [0.05, 0.1) is 5.69 Å². The molecule has 3 nitrogen and oxygen atoms in total. The number of carbonyl (C=O) groups excluding carboxylic acids is 1. The second-order valence-corrected chi connectivity index (χ2v) is 3.10. The van der Waals surface area contributed by atoms with Crippen molar-refractivity contribution in [2.24, 2.45) is 0 Å². The summed E-state index contributed by atoms with van der Waals surface area (Å²) in [5.41, 5.74) is 2.09. The van der Waals surface area contributed by atoms with Gasteiger partial charge in [0.15, 0.2) is 0 Å². The molecule has 0 fully saturated rings. The Bertz CT molecular complexity index is 345. The van der Waals surface area contributed by atoms with E-state index in [1.807, 2.05) is 31.2 Å². The van der Waals surface area contributed by atoms with Crippen molar-refractivity contribution in [2.75, 3.05) is 6.54 Å². The van der Waals surface area contributed by atoms with E-state index in [1.54, 1.807) is 6.20 Å². The van der Waals surface area contributed by atoms with Gasteiger partial charge in [-0.25, -0.2) is 0 Å². The number of rotatable bonds is 3. The molecule has 0 aliphatic rings. The molecule has 0 atom stereocenters. The SMILES string of the molecule is CC(=O)NCC=Cc1cc(C)ccn1. The van der Waals surface area contributed by atoms with Crippen LogP contribution in [0, 0.1) is 6.92 Å². The first-order valence-electron chi connectivity index (χ1n) is 4.52. The van der Waals surface area contributed by atoms with Crippen LogP contribution in [0.1, 0.15) is 18.2 Å². The highest BCUT2D eigenvalue weighted by Gasteiger charge is 1.89. The molecule has 0 unspecified atom stereocenters.